The summed E-state index contributed by atoms with van der Waals surface area (Å²) in [4.78, 5) is 15.6. The minimum Gasteiger partial charge on any atom is -0.550 e. The standard InChI is InChI=1S/C25H22N2O3.Na/c28-22(29)17-10-18-30-25-26-23(19-11-4-1-5-12-19)24(20-13-6-2-7-14-20)27(25)21-15-8-3-9-16-21;/h1-9,11-16H,10,17-18H2,(H,28,29);/q;+1/p-1. The van der Waals surface area contributed by atoms with Gasteiger partial charge in [-0.1, -0.05) is 78.9 Å². The Balaban J connectivity index is 0.00000272. The molecule has 3 aromatic carbocycles. The molecule has 0 radical (unpaired) electrons. The van der Waals surface area contributed by atoms with E-state index in [-0.39, 0.29) is 42.6 Å². The molecule has 5 nitrogen and oxygen atoms in total. The average Bonchev–Trinajstić information content (AvgIpc) is 3.18. The van der Waals surface area contributed by atoms with Crippen molar-refractivity contribution < 1.29 is 44.2 Å². The van der Waals surface area contributed by atoms with E-state index in [2.05, 4.69) is 0 Å². The van der Waals surface area contributed by atoms with Crippen LogP contribution in [0.3, 0.4) is 0 Å². The third kappa shape index (κ3) is 5.44. The molecule has 0 saturated carbocycles. The maximum Gasteiger partial charge on any atom is 1.00 e. The van der Waals surface area contributed by atoms with Crippen LogP contribution in [0.25, 0.3) is 28.2 Å². The summed E-state index contributed by atoms with van der Waals surface area (Å²) in [6.07, 6.45) is 0.300. The summed E-state index contributed by atoms with van der Waals surface area (Å²) in [6.45, 7) is 0.236. The van der Waals surface area contributed by atoms with Crippen molar-refractivity contribution in [3.8, 4) is 34.2 Å². The van der Waals surface area contributed by atoms with Gasteiger partial charge in [-0.05, 0) is 25.0 Å². The van der Waals surface area contributed by atoms with Gasteiger partial charge in [-0.2, -0.15) is 4.98 Å². The molecule has 0 aliphatic heterocycles. The molecule has 6 heteroatoms. The van der Waals surface area contributed by atoms with Crippen molar-refractivity contribution in [2.45, 2.75) is 12.8 Å². The van der Waals surface area contributed by atoms with Crippen molar-refractivity contribution >= 4 is 5.97 Å². The largest absolute Gasteiger partial charge is 1.00 e. The predicted molar refractivity (Wildman–Crippen MR) is 114 cm³/mol. The Labute approximate surface area is 203 Å². The number of hydrogen-bond donors (Lipinski definition) is 0. The third-order valence-corrected chi connectivity index (χ3v) is 4.71. The minimum atomic E-state index is -1.08. The molecular weight excluding hydrogens is 399 g/mol. The van der Waals surface area contributed by atoms with Gasteiger partial charge >= 0.3 is 35.6 Å². The quantitative estimate of drug-likeness (QED) is 0.317. The number of carbonyl (C=O) groups excluding carboxylic acids is 1. The van der Waals surface area contributed by atoms with E-state index in [0.29, 0.717) is 12.4 Å². The van der Waals surface area contributed by atoms with Crippen molar-refractivity contribution in [2.24, 2.45) is 0 Å². The molecule has 1 heterocycles. The number of ether oxygens (including phenoxy) is 1. The normalized spacial score (nSPS) is 10.3. The van der Waals surface area contributed by atoms with Crippen LogP contribution in [0.4, 0.5) is 0 Å². The molecule has 0 aliphatic rings. The van der Waals surface area contributed by atoms with E-state index in [1.54, 1.807) is 0 Å². The Bertz CT molecular complexity index is 1110. The van der Waals surface area contributed by atoms with Crippen molar-refractivity contribution in [3.05, 3.63) is 91.0 Å². The third-order valence-electron chi connectivity index (χ3n) is 4.71. The molecule has 0 atom stereocenters. The molecule has 0 N–H and O–H groups in total. The first kappa shape index (κ1) is 22.8. The summed E-state index contributed by atoms with van der Waals surface area (Å²) in [5, 5.41) is 10.7. The average molecular weight is 420 g/mol. The molecule has 0 aliphatic carbocycles. The Morgan fingerprint density at radius 2 is 1.39 bits per heavy atom. The molecule has 4 aromatic rings. The van der Waals surface area contributed by atoms with E-state index in [4.69, 9.17) is 9.72 Å². The number of benzene rings is 3. The molecule has 1 aromatic heterocycles. The van der Waals surface area contributed by atoms with Crippen LogP contribution in [-0.2, 0) is 4.79 Å². The fourth-order valence-electron chi connectivity index (χ4n) is 3.35. The minimum absolute atomic E-state index is 0. The maximum atomic E-state index is 10.7. The van der Waals surface area contributed by atoms with Crippen molar-refractivity contribution in [2.75, 3.05) is 6.61 Å². The van der Waals surface area contributed by atoms with Gasteiger partial charge in [-0.15, -0.1) is 0 Å². The van der Waals surface area contributed by atoms with Crippen molar-refractivity contribution in [3.63, 3.8) is 0 Å². The predicted octanol–water partition coefficient (Wildman–Crippen LogP) is 1.12. The maximum absolute atomic E-state index is 10.7. The summed E-state index contributed by atoms with van der Waals surface area (Å²) in [5.41, 5.74) is 4.63. The first-order valence-corrected chi connectivity index (χ1v) is 9.85. The smallest absolute Gasteiger partial charge is 0.550 e. The van der Waals surface area contributed by atoms with Gasteiger partial charge < -0.3 is 14.6 Å². The van der Waals surface area contributed by atoms with Crippen LogP contribution in [-0.4, -0.2) is 22.1 Å². The van der Waals surface area contributed by atoms with Crippen LogP contribution in [0.5, 0.6) is 6.01 Å². The molecule has 150 valence electrons. The summed E-state index contributed by atoms with van der Waals surface area (Å²) < 4.78 is 7.95. The Hall–Kier alpha value is -2.86. The van der Waals surface area contributed by atoms with Gasteiger partial charge in [0.05, 0.1) is 18.0 Å². The van der Waals surface area contributed by atoms with Crippen LogP contribution >= 0.6 is 0 Å². The molecule has 0 fully saturated rings. The number of aliphatic carboxylic acids is 1. The number of hydrogen-bond acceptors (Lipinski definition) is 4. The number of aromatic nitrogens is 2. The first-order valence-electron chi connectivity index (χ1n) is 9.85. The van der Waals surface area contributed by atoms with Crippen LogP contribution in [0, 0.1) is 0 Å². The molecule has 0 saturated heterocycles. The van der Waals surface area contributed by atoms with E-state index in [0.717, 1.165) is 28.2 Å². The van der Waals surface area contributed by atoms with E-state index in [1.165, 1.54) is 0 Å². The molecule has 4 rings (SSSR count). The van der Waals surface area contributed by atoms with E-state index < -0.39 is 5.97 Å². The zero-order valence-corrected chi connectivity index (χ0v) is 19.4. The van der Waals surface area contributed by atoms with E-state index in [9.17, 15) is 9.90 Å². The van der Waals surface area contributed by atoms with Gasteiger partial charge in [0.15, 0.2) is 0 Å². The summed E-state index contributed by atoms with van der Waals surface area (Å²) in [7, 11) is 0. The number of rotatable bonds is 8. The number of carbonyl (C=O) groups is 1. The second-order valence-electron chi connectivity index (χ2n) is 6.82. The van der Waals surface area contributed by atoms with Crippen LogP contribution in [0.15, 0.2) is 91.0 Å². The van der Waals surface area contributed by atoms with Crippen LogP contribution < -0.4 is 39.4 Å². The fraction of sp³-hybridized carbons (Fsp3) is 0.120. The molecular formula is C25H21N2NaO3. The molecule has 31 heavy (non-hydrogen) atoms. The molecule has 0 spiro atoms. The van der Waals surface area contributed by atoms with Crippen molar-refractivity contribution in [1.29, 1.82) is 0 Å². The van der Waals surface area contributed by atoms with E-state index in [1.807, 2.05) is 95.6 Å². The zero-order valence-electron chi connectivity index (χ0n) is 17.4. The first-order chi connectivity index (χ1) is 14.7. The van der Waals surface area contributed by atoms with Gasteiger partial charge in [-0.3, -0.25) is 4.57 Å². The Kier molecular flexibility index (Phi) is 8.06. The number of para-hydroxylation sites is 1. The SMILES string of the molecule is O=C([O-])CCCOc1nc(-c2ccccc2)c(-c2ccccc2)n1-c1ccccc1.[Na+]. The number of carboxylic acids is 1. The van der Waals surface area contributed by atoms with Gasteiger partial charge in [0.25, 0.3) is 0 Å². The van der Waals surface area contributed by atoms with E-state index >= 15 is 0 Å². The van der Waals surface area contributed by atoms with Gasteiger partial charge in [-0.25, -0.2) is 0 Å². The number of imidazole rings is 1. The number of nitrogens with zero attached hydrogens (tertiary/aromatic N) is 2. The van der Waals surface area contributed by atoms with Gasteiger partial charge in [0.2, 0.25) is 0 Å². The van der Waals surface area contributed by atoms with Gasteiger partial charge in [0, 0.05) is 17.1 Å². The van der Waals surface area contributed by atoms with Gasteiger partial charge in [0.1, 0.15) is 5.69 Å². The topological polar surface area (TPSA) is 67.2 Å². The monoisotopic (exact) mass is 420 g/mol. The summed E-state index contributed by atoms with van der Waals surface area (Å²) in [6, 6.07) is 30.3. The van der Waals surface area contributed by atoms with Crippen molar-refractivity contribution in [1.82, 2.24) is 9.55 Å². The summed E-state index contributed by atoms with van der Waals surface area (Å²) >= 11 is 0. The Morgan fingerprint density at radius 3 is 1.97 bits per heavy atom. The molecule has 0 amide bonds. The fourth-order valence-corrected chi connectivity index (χ4v) is 3.35. The second-order valence-corrected chi connectivity index (χ2v) is 6.82. The molecule has 0 bridgehead atoms. The zero-order chi connectivity index (χ0) is 20.8. The number of carboxylic acid groups (broad SMARTS) is 1. The second kappa shape index (κ2) is 11.0. The molecule has 0 unspecified atom stereocenters. The summed E-state index contributed by atoms with van der Waals surface area (Å²) in [5.74, 6) is -1.08. The van der Waals surface area contributed by atoms with Crippen LogP contribution in [0.2, 0.25) is 0 Å². The Morgan fingerprint density at radius 1 is 0.839 bits per heavy atom. The van der Waals surface area contributed by atoms with Crippen LogP contribution in [0.1, 0.15) is 12.8 Å².